The Hall–Kier alpha value is -0.750. The minimum atomic E-state index is -3.94. The van der Waals surface area contributed by atoms with Crippen LogP contribution in [0.3, 0.4) is 0 Å². The lowest BCUT2D eigenvalue weighted by Crippen LogP contribution is -1.97. The first-order valence-corrected chi connectivity index (χ1v) is 7.83. The first kappa shape index (κ1) is 13.7. The van der Waals surface area contributed by atoms with Gasteiger partial charge in [0.1, 0.15) is 4.90 Å². The SMILES string of the molecule is Cc1nn(-c2cccc(Cl)c2)c(Cl)c1S(=O)(=O)Cl. The summed E-state index contributed by atoms with van der Waals surface area (Å²) < 4.78 is 24.1. The van der Waals surface area contributed by atoms with E-state index in [1.54, 1.807) is 24.3 Å². The van der Waals surface area contributed by atoms with Crippen LogP contribution in [0.25, 0.3) is 5.69 Å². The van der Waals surface area contributed by atoms with Crippen molar-refractivity contribution in [2.75, 3.05) is 0 Å². The zero-order chi connectivity index (χ0) is 13.5. The van der Waals surface area contributed by atoms with Gasteiger partial charge in [-0.25, -0.2) is 13.1 Å². The molecule has 2 aromatic rings. The molecule has 0 unspecified atom stereocenters. The van der Waals surface area contributed by atoms with Crippen molar-refractivity contribution in [3.63, 3.8) is 0 Å². The summed E-state index contributed by atoms with van der Waals surface area (Å²) in [6.07, 6.45) is 0. The Morgan fingerprint density at radius 1 is 1.28 bits per heavy atom. The van der Waals surface area contributed by atoms with Crippen LogP contribution < -0.4 is 0 Å². The summed E-state index contributed by atoms with van der Waals surface area (Å²) in [4.78, 5) is -0.189. The number of rotatable bonds is 2. The Balaban J connectivity index is 2.69. The van der Waals surface area contributed by atoms with Crippen LogP contribution in [-0.4, -0.2) is 18.2 Å². The van der Waals surface area contributed by atoms with Crippen LogP contribution in [-0.2, 0) is 9.05 Å². The molecule has 0 saturated carbocycles. The summed E-state index contributed by atoms with van der Waals surface area (Å²) in [6, 6.07) is 6.72. The predicted molar refractivity (Wildman–Crippen MR) is 71.4 cm³/mol. The summed E-state index contributed by atoms with van der Waals surface area (Å²) in [6.45, 7) is 1.52. The highest BCUT2D eigenvalue weighted by Crippen LogP contribution is 2.30. The zero-order valence-electron chi connectivity index (χ0n) is 9.06. The second-order valence-electron chi connectivity index (χ2n) is 3.53. The molecule has 4 nitrogen and oxygen atoms in total. The third kappa shape index (κ3) is 2.49. The lowest BCUT2D eigenvalue weighted by Gasteiger charge is -2.03. The molecule has 8 heteroatoms. The van der Waals surface area contributed by atoms with Gasteiger partial charge < -0.3 is 0 Å². The van der Waals surface area contributed by atoms with Crippen molar-refractivity contribution in [2.45, 2.75) is 11.8 Å². The van der Waals surface area contributed by atoms with Crippen molar-refractivity contribution in [1.82, 2.24) is 9.78 Å². The van der Waals surface area contributed by atoms with Gasteiger partial charge in [-0.1, -0.05) is 29.3 Å². The van der Waals surface area contributed by atoms with Crippen molar-refractivity contribution >= 4 is 42.9 Å². The molecular weight excluding hydrogens is 319 g/mol. The molecule has 0 saturated heterocycles. The standard InChI is InChI=1S/C10H7Cl3N2O2S/c1-6-9(18(13,16)17)10(12)15(14-6)8-4-2-3-7(11)5-8/h2-5H,1H3. The molecule has 0 amide bonds. The summed E-state index contributed by atoms with van der Waals surface area (Å²) in [5, 5.41) is 4.48. The van der Waals surface area contributed by atoms with E-state index in [1.165, 1.54) is 11.6 Å². The van der Waals surface area contributed by atoms with Crippen molar-refractivity contribution in [2.24, 2.45) is 0 Å². The summed E-state index contributed by atoms with van der Waals surface area (Å²) in [5.41, 5.74) is 0.789. The molecule has 0 aliphatic heterocycles. The summed E-state index contributed by atoms with van der Waals surface area (Å²) >= 11 is 11.8. The maximum atomic E-state index is 11.4. The van der Waals surface area contributed by atoms with Crippen LogP contribution in [0.5, 0.6) is 0 Å². The minimum absolute atomic E-state index is 0.0650. The fraction of sp³-hybridized carbons (Fsp3) is 0.100. The molecule has 0 N–H and O–H groups in total. The van der Waals surface area contributed by atoms with E-state index in [4.69, 9.17) is 33.9 Å². The van der Waals surface area contributed by atoms with E-state index in [9.17, 15) is 8.42 Å². The highest BCUT2D eigenvalue weighted by Gasteiger charge is 2.24. The van der Waals surface area contributed by atoms with Gasteiger partial charge in [-0.05, 0) is 25.1 Å². The average Bonchev–Trinajstić information content (AvgIpc) is 2.53. The molecule has 0 spiro atoms. The molecule has 0 radical (unpaired) electrons. The second-order valence-corrected chi connectivity index (χ2v) is 6.83. The number of hydrogen-bond donors (Lipinski definition) is 0. The Morgan fingerprint density at radius 3 is 2.44 bits per heavy atom. The van der Waals surface area contributed by atoms with Crippen LogP contribution in [0.4, 0.5) is 0 Å². The van der Waals surface area contributed by atoms with Gasteiger partial charge in [0.2, 0.25) is 0 Å². The molecule has 0 aliphatic rings. The number of aryl methyl sites for hydroxylation is 1. The van der Waals surface area contributed by atoms with E-state index in [-0.39, 0.29) is 15.7 Å². The molecule has 18 heavy (non-hydrogen) atoms. The monoisotopic (exact) mass is 324 g/mol. The fourth-order valence-corrected chi connectivity index (χ4v) is 3.66. The lowest BCUT2D eigenvalue weighted by atomic mass is 10.3. The topological polar surface area (TPSA) is 52.0 Å². The highest BCUT2D eigenvalue weighted by atomic mass is 35.7. The molecule has 1 aromatic heterocycles. The molecule has 96 valence electrons. The van der Waals surface area contributed by atoms with E-state index in [0.717, 1.165) is 0 Å². The van der Waals surface area contributed by atoms with E-state index in [2.05, 4.69) is 5.10 Å². The van der Waals surface area contributed by atoms with Crippen LogP contribution in [0.2, 0.25) is 10.2 Å². The fourth-order valence-electron chi connectivity index (χ4n) is 1.54. The quantitative estimate of drug-likeness (QED) is 0.795. The Labute approximate surface area is 118 Å². The van der Waals surface area contributed by atoms with Crippen molar-refractivity contribution in [3.8, 4) is 5.69 Å². The lowest BCUT2D eigenvalue weighted by molar-refractivity contribution is 0.609. The Kier molecular flexibility index (Phi) is 3.60. The van der Waals surface area contributed by atoms with Gasteiger partial charge in [-0.15, -0.1) is 0 Å². The van der Waals surface area contributed by atoms with Crippen molar-refractivity contribution < 1.29 is 8.42 Å². The van der Waals surface area contributed by atoms with Crippen molar-refractivity contribution in [1.29, 1.82) is 0 Å². The highest BCUT2D eigenvalue weighted by molar-refractivity contribution is 8.13. The normalized spacial score (nSPS) is 11.8. The number of nitrogens with zero attached hydrogens (tertiary/aromatic N) is 2. The van der Waals surface area contributed by atoms with Crippen LogP contribution in [0.15, 0.2) is 29.2 Å². The Morgan fingerprint density at radius 2 is 1.94 bits per heavy atom. The smallest absolute Gasteiger partial charge is 0.220 e. The first-order chi connectivity index (χ1) is 8.30. The van der Waals surface area contributed by atoms with Crippen LogP contribution >= 0.6 is 33.9 Å². The molecule has 0 aliphatic carbocycles. The maximum absolute atomic E-state index is 11.4. The first-order valence-electron chi connectivity index (χ1n) is 4.76. The Bertz CT molecular complexity index is 710. The van der Waals surface area contributed by atoms with E-state index in [1.807, 2.05) is 0 Å². The number of hydrogen-bond acceptors (Lipinski definition) is 3. The number of benzene rings is 1. The van der Waals surface area contributed by atoms with E-state index in [0.29, 0.717) is 10.7 Å². The number of halogens is 3. The summed E-state index contributed by atoms with van der Waals surface area (Å²) in [7, 11) is 1.37. The molecule has 0 fully saturated rings. The van der Waals surface area contributed by atoms with Gasteiger partial charge in [-0.3, -0.25) is 0 Å². The molecule has 0 bridgehead atoms. The largest absolute Gasteiger partial charge is 0.266 e. The second kappa shape index (κ2) is 4.74. The van der Waals surface area contributed by atoms with Crippen LogP contribution in [0.1, 0.15) is 5.69 Å². The molecule has 1 heterocycles. The van der Waals surface area contributed by atoms with Gasteiger partial charge >= 0.3 is 0 Å². The molecule has 0 atom stereocenters. The number of aromatic nitrogens is 2. The van der Waals surface area contributed by atoms with Crippen LogP contribution in [0, 0.1) is 6.92 Å². The van der Waals surface area contributed by atoms with E-state index < -0.39 is 9.05 Å². The van der Waals surface area contributed by atoms with Gasteiger partial charge in [0.15, 0.2) is 5.15 Å². The third-order valence-electron chi connectivity index (χ3n) is 2.25. The van der Waals surface area contributed by atoms with E-state index >= 15 is 0 Å². The average molecular weight is 326 g/mol. The molecular formula is C10H7Cl3N2O2S. The van der Waals surface area contributed by atoms with Gasteiger partial charge in [0, 0.05) is 15.7 Å². The molecule has 1 aromatic carbocycles. The zero-order valence-corrected chi connectivity index (χ0v) is 12.1. The van der Waals surface area contributed by atoms with Gasteiger partial charge in [-0.2, -0.15) is 5.10 Å². The van der Waals surface area contributed by atoms with Gasteiger partial charge in [0.05, 0.1) is 11.4 Å². The predicted octanol–water partition coefficient (Wildman–Crippen LogP) is 3.42. The minimum Gasteiger partial charge on any atom is -0.220 e. The maximum Gasteiger partial charge on any atom is 0.266 e. The van der Waals surface area contributed by atoms with Gasteiger partial charge in [0.25, 0.3) is 9.05 Å². The third-order valence-corrected chi connectivity index (χ3v) is 4.38. The summed E-state index contributed by atoms with van der Waals surface area (Å²) in [5.74, 6) is 0. The molecule has 2 rings (SSSR count). The van der Waals surface area contributed by atoms with Crippen molar-refractivity contribution in [3.05, 3.63) is 40.1 Å².